The van der Waals surface area contributed by atoms with Crippen molar-refractivity contribution in [2.75, 3.05) is 13.1 Å². The lowest BCUT2D eigenvalue weighted by Crippen LogP contribution is -2.51. The monoisotopic (exact) mass is 733 g/mol. The second kappa shape index (κ2) is 18.9. The maximum absolute atomic E-state index is 13.4. The predicted molar refractivity (Wildman–Crippen MR) is 180 cm³/mol. The van der Waals surface area contributed by atoms with Crippen molar-refractivity contribution in [2.45, 2.75) is 82.3 Å². The zero-order valence-electron chi connectivity index (χ0n) is 26.6. The summed E-state index contributed by atoms with van der Waals surface area (Å²) in [5.74, 6) is -4.39. The molecule has 0 unspecified atom stereocenters. The molecule has 0 spiro atoms. The second-order valence-corrected chi connectivity index (χ2v) is 12.9. The fraction of sp³-hybridized carbons (Fsp3) is 0.515. The Morgan fingerprint density at radius 1 is 0.812 bits per heavy atom. The Labute approximate surface area is 286 Å². The SMILES string of the molecule is NCC1CCC(C(=O)N[C@@H](Cc2ccc3ccccc3c2Br)C(=O)NCCCC[C@H](NC(=O)N[C@@H](CCC(=O)O)C(=O)O)C(=O)O)CC1. The number of hydrogen-bond donors (Lipinski definition) is 8. The molecule has 262 valence electrons. The molecule has 1 aliphatic carbocycles. The minimum absolute atomic E-state index is 0.0127. The molecule has 0 bridgehead atoms. The number of fused-ring (bicyclic) bond motifs is 1. The molecule has 14 nitrogen and oxygen atoms in total. The molecule has 1 saturated carbocycles. The molecule has 15 heteroatoms. The van der Waals surface area contributed by atoms with Crippen LogP contribution in [0.15, 0.2) is 40.9 Å². The van der Waals surface area contributed by atoms with Gasteiger partial charge in [-0.05, 0) is 96.1 Å². The molecule has 0 radical (unpaired) electrons. The van der Waals surface area contributed by atoms with Crippen molar-refractivity contribution in [3.8, 4) is 0 Å². The quantitative estimate of drug-likeness (QED) is 0.104. The van der Waals surface area contributed by atoms with E-state index in [9.17, 15) is 39.0 Å². The van der Waals surface area contributed by atoms with Crippen LogP contribution in [-0.2, 0) is 30.4 Å². The van der Waals surface area contributed by atoms with E-state index < -0.39 is 48.5 Å². The first kappa shape index (κ1) is 38.2. The fourth-order valence-electron chi connectivity index (χ4n) is 5.76. The first-order chi connectivity index (χ1) is 22.9. The number of amides is 4. The van der Waals surface area contributed by atoms with E-state index in [0.717, 1.165) is 33.7 Å². The van der Waals surface area contributed by atoms with Crippen LogP contribution >= 0.6 is 15.9 Å². The van der Waals surface area contributed by atoms with Crippen LogP contribution in [-0.4, -0.2) is 82.3 Å². The number of carbonyl (C=O) groups excluding carboxylic acids is 3. The highest BCUT2D eigenvalue weighted by Crippen LogP contribution is 2.30. The molecular formula is C33H44BrN5O9. The standard InChI is InChI=1S/C33H44BrN5O9/c34-28-22(13-12-20-5-1-2-6-23(20)28)17-26(37-29(42)21-10-8-19(18-35)9-11-21)30(43)36-16-4-3-7-24(31(44)45)38-33(48)39-25(32(46)47)14-15-27(40)41/h1-2,5-6,12-13,19,21,24-26H,3-4,7-11,14-18,35H2,(H,36,43)(H,37,42)(H,40,41)(H,44,45)(H,46,47)(H2,38,39,48)/t19?,21?,24-,25-,26-/m0/s1. The van der Waals surface area contributed by atoms with Crippen LogP contribution in [0.2, 0.25) is 0 Å². The number of carbonyl (C=O) groups is 6. The van der Waals surface area contributed by atoms with Crippen LogP contribution in [0.4, 0.5) is 4.79 Å². The van der Waals surface area contributed by atoms with Crippen LogP contribution in [0.5, 0.6) is 0 Å². The highest BCUT2D eigenvalue weighted by atomic mass is 79.9. The van der Waals surface area contributed by atoms with Gasteiger partial charge in [0.25, 0.3) is 0 Å². The van der Waals surface area contributed by atoms with Gasteiger partial charge >= 0.3 is 23.9 Å². The summed E-state index contributed by atoms with van der Waals surface area (Å²) in [5.41, 5.74) is 6.66. The van der Waals surface area contributed by atoms with Gasteiger partial charge in [0.1, 0.15) is 18.1 Å². The molecule has 4 amide bonds. The van der Waals surface area contributed by atoms with E-state index in [4.69, 9.17) is 10.8 Å². The lowest BCUT2D eigenvalue weighted by atomic mass is 9.81. The van der Waals surface area contributed by atoms with Crippen LogP contribution in [0.3, 0.4) is 0 Å². The van der Waals surface area contributed by atoms with Gasteiger partial charge in [0.2, 0.25) is 11.8 Å². The van der Waals surface area contributed by atoms with E-state index >= 15 is 0 Å². The average Bonchev–Trinajstić information content (AvgIpc) is 3.06. The Kier molecular flexibility index (Phi) is 15.1. The number of nitrogens with one attached hydrogen (secondary N) is 4. The van der Waals surface area contributed by atoms with Crippen molar-refractivity contribution in [1.82, 2.24) is 21.3 Å². The number of halogens is 1. The molecule has 2 aromatic rings. The molecule has 0 aliphatic heterocycles. The molecule has 1 fully saturated rings. The number of benzene rings is 2. The number of aliphatic carboxylic acids is 3. The van der Waals surface area contributed by atoms with Gasteiger partial charge < -0.3 is 42.3 Å². The number of unbranched alkanes of at least 4 members (excludes halogenated alkanes) is 1. The maximum atomic E-state index is 13.4. The zero-order chi connectivity index (χ0) is 35.2. The zero-order valence-corrected chi connectivity index (χ0v) is 28.2. The number of nitrogens with two attached hydrogens (primary N) is 1. The number of rotatable bonds is 18. The van der Waals surface area contributed by atoms with Gasteiger partial charge in [-0.3, -0.25) is 14.4 Å². The van der Waals surface area contributed by atoms with Gasteiger partial charge in [0.05, 0.1) is 0 Å². The summed E-state index contributed by atoms with van der Waals surface area (Å²) in [6, 6.07) is 6.94. The lowest BCUT2D eigenvalue weighted by Gasteiger charge is -2.28. The van der Waals surface area contributed by atoms with E-state index in [1.165, 1.54) is 0 Å². The van der Waals surface area contributed by atoms with E-state index in [-0.39, 0.29) is 50.0 Å². The normalized spacial score (nSPS) is 17.8. The first-order valence-electron chi connectivity index (χ1n) is 16.1. The molecule has 9 N–H and O–H groups in total. The lowest BCUT2D eigenvalue weighted by molar-refractivity contribution is -0.141. The van der Waals surface area contributed by atoms with Gasteiger partial charge in [-0.2, -0.15) is 0 Å². The summed E-state index contributed by atoms with van der Waals surface area (Å²) in [5, 5.41) is 39.7. The van der Waals surface area contributed by atoms with Crippen molar-refractivity contribution in [3.63, 3.8) is 0 Å². The fourth-order valence-corrected chi connectivity index (χ4v) is 6.42. The predicted octanol–water partition coefficient (Wildman–Crippen LogP) is 2.75. The number of carboxylic acids is 3. The Hall–Kier alpha value is -4.24. The van der Waals surface area contributed by atoms with E-state index in [0.29, 0.717) is 31.7 Å². The van der Waals surface area contributed by atoms with E-state index in [1.54, 1.807) is 0 Å². The van der Waals surface area contributed by atoms with Gasteiger partial charge in [0.15, 0.2) is 0 Å². The third kappa shape index (κ3) is 11.8. The number of hydrogen-bond acceptors (Lipinski definition) is 7. The average molecular weight is 735 g/mol. The van der Waals surface area contributed by atoms with Crippen LogP contribution < -0.4 is 27.0 Å². The van der Waals surface area contributed by atoms with Gasteiger partial charge in [0, 0.05) is 29.8 Å². The maximum Gasteiger partial charge on any atom is 0.326 e. The topological polar surface area (TPSA) is 237 Å². The summed E-state index contributed by atoms with van der Waals surface area (Å²) < 4.78 is 0.837. The summed E-state index contributed by atoms with van der Waals surface area (Å²) >= 11 is 3.67. The van der Waals surface area contributed by atoms with Gasteiger partial charge in [-0.1, -0.05) is 36.4 Å². The third-order valence-electron chi connectivity index (χ3n) is 8.62. The Bertz CT molecular complexity index is 1460. The van der Waals surface area contributed by atoms with Crippen molar-refractivity contribution in [3.05, 3.63) is 46.4 Å². The smallest absolute Gasteiger partial charge is 0.326 e. The van der Waals surface area contributed by atoms with E-state index in [2.05, 4.69) is 37.2 Å². The van der Waals surface area contributed by atoms with E-state index in [1.807, 2.05) is 36.4 Å². The van der Waals surface area contributed by atoms with Gasteiger partial charge in [-0.25, -0.2) is 14.4 Å². The molecule has 0 saturated heterocycles. The highest BCUT2D eigenvalue weighted by Gasteiger charge is 2.30. The van der Waals surface area contributed by atoms with Crippen LogP contribution in [0.25, 0.3) is 10.8 Å². The summed E-state index contributed by atoms with van der Waals surface area (Å²) in [7, 11) is 0. The Morgan fingerprint density at radius 2 is 1.46 bits per heavy atom. The third-order valence-corrected chi connectivity index (χ3v) is 9.56. The highest BCUT2D eigenvalue weighted by molar-refractivity contribution is 9.10. The summed E-state index contributed by atoms with van der Waals surface area (Å²) in [6.07, 6.45) is 3.15. The molecule has 3 atom stereocenters. The Balaban J connectivity index is 1.57. The largest absolute Gasteiger partial charge is 0.481 e. The molecular weight excluding hydrogens is 690 g/mol. The van der Waals surface area contributed by atoms with Crippen molar-refractivity contribution >= 4 is 62.5 Å². The van der Waals surface area contributed by atoms with Crippen LogP contribution in [0.1, 0.15) is 63.4 Å². The molecule has 0 heterocycles. The van der Waals surface area contributed by atoms with Crippen molar-refractivity contribution in [1.29, 1.82) is 0 Å². The minimum atomic E-state index is -1.50. The second-order valence-electron chi connectivity index (χ2n) is 12.1. The van der Waals surface area contributed by atoms with Crippen molar-refractivity contribution in [2.24, 2.45) is 17.6 Å². The van der Waals surface area contributed by atoms with Gasteiger partial charge in [-0.15, -0.1) is 0 Å². The Morgan fingerprint density at radius 3 is 2.08 bits per heavy atom. The molecule has 1 aliphatic rings. The number of urea groups is 1. The molecule has 0 aromatic heterocycles. The molecule has 3 rings (SSSR count). The summed E-state index contributed by atoms with van der Waals surface area (Å²) in [6.45, 7) is 0.770. The minimum Gasteiger partial charge on any atom is -0.481 e. The molecule has 48 heavy (non-hydrogen) atoms. The van der Waals surface area contributed by atoms with Crippen LogP contribution in [0, 0.1) is 11.8 Å². The van der Waals surface area contributed by atoms with Crippen molar-refractivity contribution < 1.29 is 44.1 Å². The molecule has 2 aromatic carbocycles. The first-order valence-corrected chi connectivity index (χ1v) is 16.9. The summed E-state index contributed by atoms with van der Waals surface area (Å²) in [4.78, 5) is 72.8. The number of carboxylic acid groups (broad SMARTS) is 3.